The Morgan fingerprint density at radius 2 is 2.22 bits per heavy atom. The Morgan fingerprint density at radius 3 is 2.78 bits per heavy atom. The normalized spacial score (nSPS) is 10.1. The molecule has 2 aromatic rings. The van der Waals surface area contributed by atoms with Crippen molar-refractivity contribution >= 4 is 12.0 Å². The summed E-state index contributed by atoms with van der Waals surface area (Å²) in [5.74, 6) is 0.176. The predicted octanol–water partition coefficient (Wildman–Crippen LogP) is 1.81. The van der Waals surface area contributed by atoms with Crippen LogP contribution in [0.15, 0.2) is 24.3 Å². The Kier molecular flexibility index (Phi) is 3.05. The van der Waals surface area contributed by atoms with Crippen molar-refractivity contribution in [3.05, 3.63) is 40.1 Å². The first-order chi connectivity index (χ1) is 8.65. The Hall–Kier alpha value is -2.70. The maximum absolute atomic E-state index is 10.9. The van der Waals surface area contributed by atoms with Gasteiger partial charge in [0.1, 0.15) is 0 Å². The van der Waals surface area contributed by atoms with Crippen LogP contribution in [0, 0.1) is 10.1 Å². The second kappa shape index (κ2) is 4.66. The molecule has 0 amide bonds. The van der Waals surface area contributed by atoms with Crippen LogP contribution in [0.1, 0.15) is 10.5 Å². The largest absolute Gasteiger partial charge is 0.490 e. The Balaban J connectivity index is 2.49. The van der Waals surface area contributed by atoms with Crippen molar-refractivity contribution in [3.8, 4) is 17.0 Å². The van der Waals surface area contributed by atoms with Crippen molar-refractivity contribution in [2.24, 2.45) is 0 Å². The Bertz CT molecular complexity index is 606. The van der Waals surface area contributed by atoms with Gasteiger partial charge in [-0.05, 0) is 18.2 Å². The summed E-state index contributed by atoms with van der Waals surface area (Å²) < 4.78 is 4.90. The molecule has 0 saturated heterocycles. The molecule has 0 atom stereocenters. The number of H-pyrrole nitrogens is 1. The van der Waals surface area contributed by atoms with E-state index in [0.717, 1.165) is 0 Å². The van der Waals surface area contributed by atoms with Crippen LogP contribution >= 0.6 is 0 Å². The number of aromatic amines is 1. The Morgan fingerprint density at radius 1 is 1.44 bits per heavy atom. The van der Waals surface area contributed by atoms with E-state index in [0.29, 0.717) is 23.2 Å². The maximum Gasteiger partial charge on any atom is 0.311 e. The van der Waals surface area contributed by atoms with Crippen LogP contribution in [0.3, 0.4) is 0 Å². The van der Waals surface area contributed by atoms with E-state index < -0.39 is 4.92 Å². The molecule has 1 aromatic carbocycles. The van der Waals surface area contributed by atoms with Gasteiger partial charge in [-0.25, -0.2) is 0 Å². The third-order valence-corrected chi connectivity index (χ3v) is 2.40. The van der Waals surface area contributed by atoms with Gasteiger partial charge in [-0.3, -0.25) is 20.0 Å². The van der Waals surface area contributed by atoms with Crippen LogP contribution < -0.4 is 4.74 Å². The number of hydrogen-bond donors (Lipinski definition) is 1. The molecule has 7 heteroatoms. The molecule has 92 valence electrons. The molecule has 7 nitrogen and oxygen atoms in total. The molecular formula is C11H9N3O4. The molecule has 0 aliphatic carbocycles. The minimum atomic E-state index is -0.532. The lowest BCUT2D eigenvalue weighted by molar-refractivity contribution is -0.385. The maximum atomic E-state index is 10.9. The summed E-state index contributed by atoms with van der Waals surface area (Å²) in [6, 6.07) is 5.99. The number of nitrogens with one attached hydrogen (secondary N) is 1. The summed E-state index contributed by atoms with van der Waals surface area (Å²) in [7, 11) is 1.36. The lowest BCUT2D eigenvalue weighted by Crippen LogP contribution is -1.94. The number of nitro groups is 1. The van der Waals surface area contributed by atoms with Gasteiger partial charge in [0.25, 0.3) is 0 Å². The van der Waals surface area contributed by atoms with Crippen LogP contribution in [0.25, 0.3) is 11.3 Å². The van der Waals surface area contributed by atoms with Gasteiger partial charge in [-0.1, -0.05) is 0 Å². The lowest BCUT2D eigenvalue weighted by Gasteiger charge is -2.02. The summed E-state index contributed by atoms with van der Waals surface area (Å²) in [5, 5.41) is 17.3. The van der Waals surface area contributed by atoms with E-state index in [-0.39, 0.29) is 11.4 Å². The molecule has 0 radical (unpaired) electrons. The first-order valence-corrected chi connectivity index (χ1v) is 4.99. The van der Waals surface area contributed by atoms with Crippen molar-refractivity contribution in [1.82, 2.24) is 10.2 Å². The number of nitrogens with zero attached hydrogens (tertiary/aromatic N) is 2. The third-order valence-electron chi connectivity index (χ3n) is 2.40. The number of carbonyl (C=O) groups is 1. The highest BCUT2D eigenvalue weighted by molar-refractivity contribution is 5.76. The van der Waals surface area contributed by atoms with Gasteiger partial charge in [0, 0.05) is 11.6 Å². The van der Waals surface area contributed by atoms with E-state index in [4.69, 9.17) is 4.74 Å². The fourth-order valence-corrected chi connectivity index (χ4v) is 1.54. The number of nitro benzene ring substituents is 1. The Labute approximate surface area is 102 Å². The smallest absolute Gasteiger partial charge is 0.311 e. The fourth-order valence-electron chi connectivity index (χ4n) is 1.54. The second-order valence-corrected chi connectivity index (χ2v) is 3.47. The summed E-state index contributed by atoms with van der Waals surface area (Å²) in [6.45, 7) is 0. The van der Waals surface area contributed by atoms with E-state index in [9.17, 15) is 14.9 Å². The van der Waals surface area contributed by atoms with Gasteiger partial charge in [-0.15, -0.1) is 0 Å². The summed E-state index contributed by atoms with van der Waals surface area (Å²) in [6.07, 6.45) is 0.619. The van der Waals surface area contributed by atoms with Gasteiger partial charge in [0.15, 0.2) is 12.0 Å². The molecule has 1 aromatic heterocycles. The van der Waals surface area contributed by atoms with Crippen molar-refractivity contribution in [1.29, 1.82) is 0 Å². The zero-order valence-corrected chi connectivity index (χ0v) is 9.41. The number of benzene rings is 1. The molecule has 18 heavy (non-hydrogen) atoms. The van der Waals surface area contributed by atoms with Crippen molar-refractivity contribution in [2.45, 2.75) is 0 Å². The number of hydrogen-bond acceptors (Lipinski definition) is 5. The molecular weight excluding hydrogens is 238 g/mol. The fraction of sp³-hybridized carbons (Fsp3) is 0.0909. The summed E-state index contributed by atoms with van der Waals surface area (Å²) in [5.41, 5.74) is 1.16. The van der Waals surface area contributed by atoms with E-state index >= 15 is 0 Å². The molecule has 0 spiro atoms. The first kappa shape index (κ1) is 11.8. The molecule has 0 fully saturated rings. The van der Waals surface area contributed by atoms with Crippen LogP contribution in [0.5, 0.6) is 5.75 Å². The van der Waals surface area contributed by atoms with Crippen molar-refractivity contribution in [2.75, 3.05) is 7.11 Å². The third kappa shape index (κ3) is 2.05. The monoisotopic (exact) mass is 247 g/mol. The van der Waals surface area contributed by atoms with Crippen LogP contribution in [0.4, 0.5) is 5.69 Å². The molecule has 1 N–H and O–H groups in total. The standard InChI is InChI=1S/C11H9N3O4/c1-18-11-3-2-7(4-10(11)14(16)17)9-5-8(6-15)12-13-9/h2-6H,1H3,(H,12,13). The highest BCUT2D eigenvalue weighted by Gasteiger charge is 2.16. The zero-order chi connectivity index (χ0) is 13.1. The van der Waals surface area contributed by atoms with Crippen LogP contribution in [0.2, 0.25) is 0 Å². The second-order valence-electron chi connectivity index (χ2n) is 3.47. The number of aromatic nitrogens is 2. The topological polar surface area (TPSA) is 98.1 Å². The molecule has 0 unspecified atom stereocenters. The number of ether oxygens (including phenoxy) is 1. The van der Waals surface area contributed by atoms with Crippen molar-refractivity contribution in [3.63, 3.8) is 0 Å². The van der Waals surface area contributed by atoms with Gasteiger partial charge in [0.2, 0.25) is 0 Å². The number of rotatable bonds is 4. The number of methoxy groups -OCH3 is 1. The summed E-state index contributed by atoms with van der Waals surface area (Å²) in [4.78, 5) is 20.9. The van der Waals surface area contributed by atoms with Gasteiger partial charge in [-0.2, -0.15) is 5.10 Å². The number of aldehydes is 1. The van der Waals surface area contributed by atoms with Gasteiger partial charge >= 0.3 is 5.69 Å². The van der Waals surface area contributed by atoms with E-state index in [1.165, 1.54) is 25.3 Å². The molecule has 0 saturated carbocycles. The number of carbonyl (C=O) groups excluding carboxylic acids is 1. The van der Waals surface area contributed by atoms with Gasteiger partial charge in [0.05, 0.1) is 23.4 Å². The molecule has 0 bridgehead atoms. The average molecular weight is 247 g/mol. The van der Waals surface area contributed by atoms with Crippen molar-refractivity contribution < 1.29 is 14.5 Å². The van der Waals surface area contributed by atoms with Crippen LogP contribution in [-0.4, -0.2) is 28.5 Å². The average Bonchev–Trinajstić information content (AvgIpc) is 2.86. The van der Waals surface area contributed by atoms with E-state index in [1.54, 1.807) is 6.07 Å². The molecule has 1 heterocycles. The predicted molar refractivity (Wildman–Crippen MR) is 62.6 cm³/mol. The summed E-state index contributed by atoms with van der Waals surface area (Å²) >= 11 is 0. The van der Waals surface area contributed by atoms with Gasteiger partial charge < -0.3 is 4.74 Å². The highest BCUT2D eigenvalue weighted by atomic mass is 16.6. The van der Waals surface area contributed by atoms with Crippen LogP contribution in [-0.2, 0) is 0 Å². The zero-order valence-electron chi connectivity index (χ0n) is 9.41. The molecule has 0 aliphatic rings. The quantitative estimate of drug-likeness (QED) is 0.504. The minimum Gasteiger partial charge on any atom is -0.490 e. The highest BCUT2D eigenvalue weighted by Crippen LogP contribution is 2.31. The minimum absolute atomic E-state index is 0.148. The SMILES string of the molecule is COc1ccc(-c2cc(C=O)[nH]n2)cc1[N+](=O)[O-]. The molecule has 0 aliphatic heterocycles. The van der Waals surface area contributed by atoms with E-state index in [2.05, 4.69) is 10.2 Å². The van der Waals surface area contributed by atoms with E-state index in [1.807, 2.05) is 0 Å². The lowest BCUT2D eigenvalue weighted by atomic mass is 10.1. The first-order valence-electron chi connectivity index (χ1n) is 4.99. The molecule has 2 rings (SSSR count).